The van der Waals surface area contributed by atoms with E-state index in [1.165, 1.54) is 26.2 Å². The minimum atomic E-state index is -1.75. The van der Waals surface area contributed by atoms with Crippen LogP contribution in [0.25, 0.3) is 0 Å². The molecule has 0 aromatic heterocycles. The molecule has 16 heteroatoms. The predicted molar refractivity (Wildman–Crippen MR) is 132 cm³/mol. The van der Waals surface area contributed by atoms with Crippen LogP contribution in [0.4, 0.5) is 27.2 Å². The first kappa shape index (κ1) is 37.7. The SMILES string of the molecule is CC.CC.CN1C(=O)C=CC1=O.CNC(=O)ON1C(=O)CCC1=O.CNC(=O)Oc1c(F)c(F)c(C)c(F)c1F. The first-order chi connectivity index (χ1) is 18.8. The lowest BCUT2D eigenvalue weighted by Gasteiger charge is -2.11. The molecule has 0 bridgehead atoms. The fourth-order valence-corrected chi connectivity index (χ4v) is 2.22. The molecule has 224 valence electrons. The molecule has 1 saturated heterocycles. The standard InChI is InChI=1S/C9H7F4NO2.C6H8N2O4.C5H5NO2.2C2H6/c1-3-4(10)6(12)8(7(13)5(3)11)16-9(15)14-2;1-7-6(11)12-8-4(9)2-3-5(8)10;1-6-4(7)2-3-5(6)8;2*1-2/h1-2H3,(H,14,15);2-3H2,1H3,(H,7,11);2-3H,1H3;2*1-2H3. The van der Waals surface area contributed by atoms with E-state index in [1.807, 2.05) is 33.0 Å². The fraction of sp³-hybridized carbons (Fsp3) is 0.417. The van der Waals surface area contributed by atoms with E-state index in [0.717, 1.165) is 18.9 Å². The first-order valence-corrected chi connectivity index (χ1v) is 11.7. The van der Waals surface area contributed by atoms with Gasteiger partial charge in [0.15, 0.2) is 11.6 Å². The van der Waals surface area contributed by atoms with E-state index in [-0.39, 0.29) is 24.7 Å². The topological polar surface area (TPSA) is 151 Å². The maximum absolute atomic E-state index is 13.1. The van der Waals surface area contributed by atoms with Gasteiger partial charge in [0, 0.05) is 51.7 Å². The van der Waals surface area contributed by atoms with Crippen molar-refractivity contribution in [3.8, 4) is 5.75 Å². The number of carbonyl (C=O) groups is 6. The summed E-state index contributed by atoms with van der Waals surface area (Å²) in [5.41, 5.74) is -0.820. The number of imide groups is 2. The Morgan fingerprint density at radius 2 is 1.12 bits per heavy atom. The summed E-state index contributed by atoms with van der Waals surface area (Å²) in [6.07, 6.45) is 0.662. The van der Waals surface area contributed by atoms with Crippen molar-refractivity contribution in [2.24, 2.45) is 0 Å². The number of hydrogen-bond donors (Lipinski definition) is 2. The van der Waals surface area contributed by atoms with E-state index in [4.69, 9.17) is 0 Å². The molecule has 0 aliphatic carbocycles. The average molecular weight is 581 g/mol. The van der Waals surface area contributed by atoms with Gasteiger partial charge in [-0.15, -0.1) is 5.06 Å². The van der Waals surface area contributed by atoms with Gasteiger partial charge in [0.25, 0.3) is 23.6 Å². The number of carbonyl (C=O) groups excluding carboxylic acids is 6. The Morgan fingerprint density at radius 1 is 0.750 bits per heavy atom. The van der Waals surface area contributed by atoms with Gasteiger partial charge in [-0.3, -0.25) is 24.1 Å². The van der Waals surface area contributed by atoms with Crippen LogP contribution in [0.5, 0.6) is 5.75 Å². The van der Waals surface area contributed by atoms with Gasteiger partial charge in [-0.1, -0.05) is 27.7 Å². The summed E-state index contributed by atoms with van der Waals surface area (Å²) < 4.78 is 56.3. The van der Waals surface area contributed by atoms with Crippen molar-refractivity contribution in [2.45, 2.75) is 47.5 Å². The molecule has 2 heterocycles. The van der Waals surface area contributed by atoms with Crippen LogP contribution in [-0.4, -0.2) is 66.9 Å². The van der Waals surface area contributed by atoms with Crippen molar-refractivity contribution in [2.75, 3.05) is 21.1 Å². The maximum atomic E-state index is 13.1. The zero-order valence-corrected chi connectivity index (χ0v) is 23.2. The zero-order valence-electron chi connectivity index (χ0n) is 23.2. The molecule has 40 heavy (non-hydrogen) atoms. The molecular formula is C24H32F4N4O8. The largest absolute Gasteiger partial charge is 0.431 e. The number of hydrogen-bond acceptors (Lipinski definition) is 8. The second kappa shape index (κ2) is 18.7. The van der Waals surface area contributed by atoms with Gasteiger partial charge in [0.05, 0.1) is 0 Å². The quantitative estimate of drug-likeness (QED) is 0.307. The number of nitrogens with zero attached hydrogens (tertiary/aromatic N) is 2. The Kier molecular flexibility index (Phi) is 17.6. The number of nitrogens with one attached hydrogen (secondary N) is 2. The third-order valence-corrected chi connectivity index (χ3v) is 4.26. The van der Waals surface area contributed by atoms with E-state index in [2.05, 4.69) is 14.9 Å². The van der Waals surface area contributed by atoms with Crippen molar-refractivity contribution in [3.05, 3.63) is 41.0 Å². The minimum absolute atomic E-state index is 0.107. The van der Waals surface area contributed by atoms with Crippen molar-refractivity contribution in [3.63, 3.8) is 0 Å². The van der Waals surface area contributed by atoms with Gasteiger partial charge in [0.1, 0.15) is 0 Å². The summed E-state index contributed by atoms with van der Waals surface area (Å²) in [6.45, 7) is 8.86. The molecule has 0 radical (unpaired) electrons. The molecule has 0 spiro atoms. The average Bonchev–Trinajstić information content (AvgIpc) is 3.45. The van der Waals surface area contributed by atoms with Gasteiger partial charge in [-0.2, -0.15) is 8.78 Å². The molecule has 1 aromatic carbocycles. The van der Waals surface area contributed by atoms with E-state index < -0.39 is 58.6 Å². The van der Waals surface area contributed by atoms with Gasteiger partial charge in [-0.25, -0.2) is 18.4 Å². The fourth-order valence-electron chi connectivity index (χ4n) is 2.22. The van der Waals surface area contributed by atoms with Crippen LogP contribution in [0, 0.1) is 30.2 Å². The molecule has 12 nitrogen and oxygen atoms in total. The third kappa shape index (κ3) is 10.7. The molecule has 6 amide bonds. The predicted octanol–water partition coefficient (Wildman–Crippen LogP) is 3.27. The number of benzene rings is 1. The summed E-state index contributed by atoms with van der Waals surface area (Å²) in [7, 11) is 3.91. The van der Waals surface area contributed by atoms with Crippen LogP contribution in [-0.2, 0) is 24.0 Å². The van der Waals surface area contributed by atoms with E-state index in [1.54, 1.807) is 0 Å². The molecule has 1 aromatic rings. The van der Waals surface area contributed by atoms with Crippen LogP contribution in [0.3, 0.4) is 0 Å². The third-order valence-electron chi connectivity index (χ3n) is 4.26. The number of likely N-dealkylation sites (N-methyl/N-ethyl adjacent to an activating group) is 1. The Morgan fingerprint density at radius 3 is 1.43 bits per heavy atom. The second-order valence-electron chi connectivity index (χ2n) is 6.63. The summed E-state index contributed by atoms with van der Waals surface area (Å²) in [5.74, 6) is -9.55. The number of ether oxygens (including phenoxy) is 1. The molecule has 1 fully saturated rings. The van der Waals surface area contributed by atoms with Crippen molar-refractivity contribution in [1.82, 2.24) is 20.6 Å². The molecule has 2 N–H and O–H groups in total. The van der Waals surface area contributed by atoms with Crippen LogP contribution in [0.1, 0.15) is 46.1 Å². The van der Waals surface area contributed by atoms with Gasteiger partial charge in [0.2, 0.25) is 17.4 Å². The Bertz CT molecular complexity index is 1070. The molecule has 0 atom stereocenters. The summed E-state index contributed by atoms with van der Waals surface area (Å²) in [6, 6.07) is 0. The van der Waals surface area contributed by atoms with Gasteiger partial charge in [-0.05, 0) is 6.92 Å². The second-order valence-corrected chi connectivity index (χ2v) is 6.63. The Labute approximate surface area is 228 Å². The maximum Gasteiger partial charge on any atom is 0.431 e. The highest BCUT2D eigenvalue weighted by Gasteiger charge is 2.32. The Hall–Kier alpha value is -4.50. The van der Waals surface area contributed by atoms with Crippen LogP contribution in [0.15, 0.2) is 12.2 Å². The minimum Gasteiger partial charge on any atom is -0.404 e. The molecular weight excluding hydrogens is 548 g/mol. The van der Waals surface area contributed by atoms with E-state index in [9.17, 15) is 46.3 Å². The highest BCUT2D eigenvalue weighted by molar-refractivity contribution is 6.12. The molecule has 2 aliphatic rings. The van der Waals surface area contributed by atoms with Gasteiger partial charge < -0.3 is 20.2 Å². The molecule has 3 rings (SSSR count). The molecule has 0 unspecified atom stereocenters. The highest BCUT2D eigenvalue weighted by Crippen LogP contribution is 2.29. The number of rotatable bonds is 2. The van der Waals surface area contributed by atoms with Crippen molar-refractivity contribution >= 4 is 35.8 Å². The molecule has 0 saturated carbocycles. The van der Waals surface area contributed by atoms with E-state index >= 15 is 0 Å². The zero-order chi connectivity index (χ0) is 31.7. The van der Waals surface area contributed by atoms with Crippen LogP contribution < -0.4 is 15.4 Å². The van der Waals surface area contributed by atoms with Crippen molar-refractivity contribution in [1.29, 1.82) is 0 Å². The summed E-state index contributed by atoms with van der Waals surface area (Å²) >= 11 is 0. The number of halogens is 4. The van der Waals surface area contributed by atoms with Crippen molar-refractivity contribution < 1.29 is 55.9 Å². The smallest absolute Gasteiger partial charge is 0.404 e. The number of amides is 6. The normalized spacial score (nSPS) is 13.0. The first-order valence-electron chi connectivity index (χ1n) is 11.7. The monoisotopic (exact) mass is 580 g/mol. The lowest BCUT2D eigenvalue weighted by Crippen LogP contribution is -2.35. The van der Waals surface area contributed by atoms with Crippen LogP contribution >= 0.6 is 0 Å². The van der Waals surface area contributed by atoms with Gasteiger partial charge >= 0.3 is 12.2 Å². The van der Waals surface area contributed by atoms with Crippen LogP contribution in [0.2, 0.25) is 0 Å². The highest BCUT2D eigenvalue weighted by atomic mass is 19.2. The lowest BCUT2D eigenvalue weighted by molar-refractivity contribution is -0.171. The van der Waals surface area contributed by atoms with E-state index in [0.29, 0.717) is 5.06 Å². The number of hydroxylamine groups is 2. The summed E-state index contributed by atoms with van der Waals surface area (Å²) in [5, 5.41) is 4.49. The lowest BCUT2D eigenvalue weighted by atomic mass is 10.2. The molecule has 2 aliphatic heterocycles. The summed E-state index contributed by atoms with van der Waals surface area (Å²) in [4.78, 5) is 69.2. The Balaban J connectivity index is 0.